The highest BCUT2D eigenvalue weighted by Gasteiger charge is 2.38. The van der Waals surface area contributed by atoms with Gasteiger partial charge < -0.3 is 14.6 Å². The average molecular weight is 196 g/mol. The molecule has 0 amide bonds. The van der Waals surface area contributed by atoms with Gasteiger partial charge in [0.15, 0.2) is 0 Å². The van der Waals surface area contributed by atoms with Crippen molar-refractivity contribution in [3.8, 4) is 0 Å². The minimum atomic E-state index is -0.761. The Balaban J connectivity index is 2.21. The summed E-state index contributed by atoms with van der Waals surface area (Å²) in [6.45, 7) is 2.11. The second-order valence-corrected chi connectivity index (χ2v) is 3.33. The zero-order valence-corrected chi connectivity index (χ0v) is 7.84. The van der Waals surface area contributed by atoms with Crippen LogP contribution < -0.4 is 0 Å². The highest BCUT2D eigenvalue weighted by Crippen LogP contribution is 2.26. The number of fused-ring (bicyclic) bond motifs is 1. The van der Waals surface area contributed by atoms with Crippen molar-refractivity contribution in [3.05, 3.63) is 23.8 Å². The molecule has 1 N–H and O–H groups in total. The summed E-state index contributed by atoms with van der Waals surface area (Å²) in [7, 11) is 0. The minimum Gasteiger partial charge on any atom is -0.459 e. The Hall–Kier alpha value is -1.13. The molecule has 0 aromatic rings. The molecule has 0 aromatic carbocycles. The van der Waals surface area contributed by atoms with Crippen LogP contribution in [-0.2, 0) is 14.3 Å². The molecule has 0 spiro atoms. The lowest BCUT2D eigenvalue weighted by Crippen LogP contribution is -2.36. The van der Waals surface area contributed by atoms with E-state index in [0.717, 1.165) is 0 Å². The zero-order valence-electron chi connectivity index (χ0n) is 7.84. The number of esters is 1. The van der Waals surface area contributed by atoms with Gasteiger partial charge in [0.05, 0.1) is 5.57 Å². The van der Waals surface area contributed by atoms with Gasteiger partial charge in [0.2, 0.25) is 0 Å². The second kappa shape index (κ2) is 3.55. The maximum Gasteiger partial charge on any atom is 0.336 e. The van der Waals surface area contributed by atoms with E-state index in [1.165, 1.54) is 6.08 Å². The van der Waals surface area contributed by atoms with Crippen molar-refractivity contribution in [3.63, 3.8) is 0 Å². The maximum absolute atomic E-state index is 11.1. The summed E-state index contributed by atoms with van der Waals surface area (Å²) in [5, 5.41) is 9.60. The maximum atomic E-state index is 11.1. The van der Waals surface area contributed by atoms with Gasteiger partial charge in [0.1, 0.15) is 24.9 Å². The number of aliphatic hydroxyl groups is 1. The molecule has 2 aliphatic rings. The molecule has 1 saturated heterocycles. The lowest BCUT2D eigenvalue weighted by Gasteiger charge is -2.26. The molecule has 3 atom stereocenters. The van der Waals surface area contributed by atoms with Crippen molar-refractivity contribution in [2.75, 3.05) is 6.61 Å². The third-order valence-corrected chi connectivity index (χ3v) is 2.34. The molecule has 14 heavy (non-hydrogen) atoms. The summed E-state index contributed by atoms with van der Waals surface area (Å²) < 4.78 is 10.3. The topological polar surface area (TPSA) is 55.8 Å². The molecule has 2 rings (SSSR count). The number of hydrogen-bond acceptors (Lipinski definition) is 4. The van der Waals surface area contributed by atoms with Gasteiger partial charge in [-0.05, 0) is 13.0 Å². The largest absolute Gasteiger partial charge is 0.459 e. The Morgan fingerprint density at radius 3 is 3.14 bits per heavy atom. The first-order valence-electron chi connectivity index (χ1n) is 4.57. The summed E-state index contributed by atoms with van der Waals surface area (Å²) >= 11 is 0. The van der Waals surface area contributed by atoms with Gasteiger partial charge >= 0.3 is 5.97 Å². The van der Waals surface area contributed by atoms with Crippen LogP contribution in [0.4, 0.5) is 0 Å². The molecule has 0 saturated carbocycles. The van der Waals surface area contributed by atoms with E-state index < -0.39 is 6.10 Å². The van der Waals surface area contributed by atoms with Gasteiger partial charge in [0, 0.05) is 0 Å². The molecule has 2 aliphatic heterocycles. The van der Waals surface area contributed by atoms with E-state index in [0.29, 0.717) is 5.57 Å². The lowest BCUT2D eigenvalue weighted by molar-refractivity contribution is -0.135. The number of allylic oxidation sites excluding steroid dienone is 1. The SMILES string of the molecule is C/C=C/C1OC2COC(=O)C2=CC1O. The van der Waals surface area contributed by atoms with Gasteiger partial charge in [-0.2, -0.15) is 0 Å². The fourth-order valence-electron chi connectivity index (χ4n) is 1.64. The Morgan fingerprint density at radius 2 is 2.43 bits per heavy atom. The van der Waals surface area contributed by atoms with Crippen LogP contribution in [0.25, 0.3) is 0 Å². The molecule has 0 bridgehead atoms. The Morgan fingerprint density at radius 1 is 1.64 bits per heavy atom. The van der Waals surface area contributed by atoms with Crippen molar-refractivity contribution >= 4 is 5.97 Å². The predicted octanol–water partition coefficient (Wildman–Crippen LogP) is 0.174. The molecule has 0 radical (unpaired) electrons. The van der Waals surface area contributed by atoms with E-state index in [1.807, 2.05) is 13.0 Å². The second-order valence-electron chi connectivity index (χ2n) is 3.33. The van der Waals surface area contributed by atoms with Crippen LogP contribution in [0.3, 0.4) is 0 Å². The van der Waals surface area contributed by atoms with E-state index in [1.54, 1.807) is 6.08 Å². The summed E-state index contributed by atoms with van der Waals surface area (Å²) in [6, 6.07) is 0. The Bertz CT molecular complexity index is 305. The van der Waals surface area contributed by atoms with Crippen LogP contribution in [0.1, 0.15) is 6.92 Å². The molecule has 4 heteroatoms. The first-order chi connectivity index (χ1) is 6.72. The summed E-state index contributed by atoms with van der Waals surface area (Å²) in [5.74, 6) is -0.382. The van der Waals surface area contributed by atoms with Crippen LogP contribution in [0, 0.1) is 0 Å². The summed E-state index contributed by atoms with van der Waals surface area (Å²) in [5.41, 5.74) is 0.443. The number of cyclic esters (lactones) is 1. The highest BCUT2D eigenvalue weighted by atomic mass is 16.6. The van der Waals surface area contributed by atoms with E-state index in [-0.39, 0.29) is 24.8 Å². The fourth-order valence-corrected chi connectivity index (χ4v) is 1.64. The van der Waals surface area contributed by atoms with Gasteiger partial charge in [-0.25, -0.2) is 4.79 Å². The first kappa shape index (κ1) is 9.43. The summed E-state index contributed by atoms with van der Waals surface area (Å²) in [6.07, 6.45) is 3.65. The molecule has 3 unspecified atom stereocenters. The van der Waals surface area contributed by atoms with Crippen molar-refractivity contribution in [2.24, 2.45) is 0 Å². The number of carbonyl (C=O) groups is 1. The van der Waals surface area contributed by atoms with Crippen LogP contribution in [0.5, 0.6) is 0 Å². The number of rotatable bonds is 1. The fraction of sp³-hybridized carbons (Fsp3) is 0.500. The van der Waals surface area contributed by atoms with Crippen LogP contribution in [-0.4, -0.2) is 36.0 Å². The molecule has 4 nitrogen and oxygen atoms in total. The van der Waals surface area contributed by atoms with Crippen molar-refractivity contribution in [1.82, 2.24) is 0 Å². The molecule has 0 aromatic heterocycles. The first-order valence-corrected chi connectivity index (χ1v) is 4.57. The Labute approximate surface area is 81.8 Å². The van der Waals surface area contributed by atoms with Gasteiger partial charge in [0.25, 0.3) is 0 Å². The average Bonchev–Trinajstić information content (AvgIpc) is 2.50. The minimum absolute atomic E-state index is 0.255. The predicted molar refractivity (Wildman–Crippen MR) is 48.5 cm³/mol. The number of carbonyl (C=O) groups excluding carboxylic acids is 1. The summed E-state index contributed by atoms with van der Waals surface area (Å²) in [4.78, 5) is 11.1. The normalized spacial score (nSPS) is 36.9. The third-order valence-electron chi connectivity index (χ3n) is 2.34. The van der Waals surface area contributed by atoms with E-state index >= 15 is 0 Å². The van der Waals surface area contributed by atoms with Crippen molar-refractivity contribution in [2.45, 2.75) is 25.2 Å². The smallest absolute Gasteiger partial charge is 0.336 e. The molecule has 1 fully saturated rings. The van der Waals surface area contributed by atoms with Crippen LogP contribution in [0.15, 0.2) is 23.8 Å². The number of hydrogen-bond donors (Lipinski definition) is 1. The zero-order chi connectivity index (χ0) is 10.1. The highest BCUT2D eigenvalue weighted by molar-refractivity contribution is 5.92. The Kier molecular flexibility index (Phi) is 2.39. The lowest BCUT2D eigenvalue weighted by atomic mass is 10.0. The van der Waals surface area contributed by atoms with E-state index in [4.69, 9.17) is 9.47 Å². The number of ether oxygens (including phenoxy) is 2. The molecule has 2 heterocycles. The number of aliphatic hydroxyl groups excluding tert-OH is 1. The van der Waals surface area contributed by atoms with Crippen LogP contribution in [0.2, 0.25) is 0 Å². The van der Waals surface area contributed by atoms with Crippen molar-refractivity contribution < 1.29 is 19.4 Å². The molecular formula is C10H12O4. The molecule has 0 aliphatic carbocycles. The van der Waals surface area contributed by atoms with Gasteiger partial charge in [-0.15, -0.1) is 0 Å². The standard InChI is InChI=1S/C10H12O4/c1-2-3-8-7(11)4-6-9(14-8)5-13-10(6)12/h2-4,7-9,11H,5H2,1H3/b3-2+. The monoisotopic (exact) mass is 196 g/mol. The van der Waals surface area contributed by atoms with Gasteiger partial charge in [-0.1, -0.05) is 12.2 Å². The molecular weight excluding hydrogens is 184 g/mol. The van der Waals surface area contributed by atoms with Crippen LogP contribution >= 0.6 is 0 Å². The van der Waals surface area contributed by atoms with E-state index in [2.05, 4.69) is 0 Å². The van der Waals surface area contributed by atoms with E-state index in [9.17, 15) is 9.90 Å². The molecule has 76 valence electrons. The van der Waals surface area contributed by atoms with Crippen molar-refractivity contribution in [1.29, 1.82) is 0 Å². The van der Waals surface area contributed by atoms with Gasteiger partial charge in [-0.3, -0.25) is 0 Å². The third kappa shape index (κ3) is 1.47. The quantitative estimate of drug-likeness (QED) is 0.480.